The third-order valence-corrected chi connectivity index (χ3v) is 4.85. The lowest BCUT2D eigenvalue weighted by Crippen LogP contribution is -2.41. The lowest BCUT2D eigenvalue weighted by molar-refractivity contribution is -0.131. The van der Waals surface area contributed by atoms with Crippen molar-refractivity contribution >= 4 is 11.9 Å². The van der Waals surface area contributed by atoms with E-state index in [1.807, 2.05) is 31.2 Å². The first-order valence-electron chi connectivity index (χ1n) is 8.05. The van der Waals surface area contributed by atoms with Crippen molar-refractivity contribution in [3.8, 4) is 11.1 Å². The lowest BCUT2D eigenvalue weighted by atomic mass is 9.84. The summed E-state index contributed by atoms with van der Waals surface area (Å²) >= 11 is 0. The second kappa shape index (κ2) is 5.12. The van der Waals surface area contributed by atoms with E-state index < -0.39 is 5.54 Å². The minimum Gasteiger partial charge on any atom is -0.369 e. The largest absolute Gasteiger partial charge is 0.369 e. The fraction of sp³-hybridized carbons (Fsp3) is 0.333. The molecule has 1 atom stereocenters. The molecule has 122 valence electrons. The van der Waals surface area contributed by atoms with Crippen LogP contribution in [-0.4, -0.2) is 33.8 Å². The molecule has 1 aliphatic heterocycles. The zero-order valence-electron chi connectivity index (χ0n) is 13.7. The molecule has 2 aromatic rings. The number of amides is 1. The van der Waals surface area contributed by atoms with E-state index in [0.717, 1.165) is 35.4 Å². The van der Waals surface area contributed by atoms with Crippen molar-refractivity contribution in [2.45, 2.75) is 25.3 Å². The third kappa shape index (κ3) is 2.10. The zero-order valence-corrected chi connectivity index (χ0v) is 13.7. The second-order valence-electron chi connectivity index (χ2n) is 6.47. The molecule has 2 aliphatic rings. The standard InChI is InChI=1S/C18H19N5O/c1-11-20-9-13(10-21-11)12-4-3-5-15(8-12)18(14-6-7-14)16(24)23(2)17(19)22-18/h3-5,8-10,14H,6-7H2,1-2H3,(H2,19,22). The maximum absolute atomic E-state index is 12.9. The SMILES string of the molecule is Cc1ncc(-c2cccc(C3(C4CC4)N=C(N)N(C)C3=O)c2)cn1. The smallest absolute Gasteiger partial charge is 0.261 e. The molecular weight excluding hydrogens is 302 g/mol. The van der Waals surface area contributed by atoms with Crippen LogP contribution in [0.1, 0.15) is 24.2 Å². The molecule has 24 heavy (non-hydrogen) atoms. The molecule has 1 aromatic heterocycles. The number of aromatic nitrogens is 2. The van der Waals surface area contributed by atoms with Gasteiger partial charge in [-0.1, -0.05) is 18.2 Å². The highest BCUT2D eigenvalue weighted by molar-refractivity contribution is 6.07. The van der Waals surface area contributed by atoms with Crippen LogP contribution in [0.4, 0.5) is 0 Å². The van der Waals surface area contributed by atoms with Gasteiger partial charge in [0.25, 0.3) is 5.91 Å². The molecule has 4 rings (SSSR count). The summed E-state index contributed by atoms with van der Waals surface area (Å²) in [6.45, 7) is 1.85. The fourth-order valence-electron chi connectivity index (χ4n) is 3.33. The molecule has 1 amide bonds. The number of likely N-dealkylation sites (N-methyl/N-ethyl adjacent to an activating group) is 1. The van der Waals surface area contributed by atoms with Gasteiger partial charge in [0.15, 0.2) is 11.5 Å². The van der Waals surface area contributed by atoms with Crippen molar-refractivity contribution in [2.24, 2.45) is 16.6 Å². The predicted molar refractivity (Wildman–Crippen MR) is 91.0 cm³/mol. The van der Waals surface area contributed by atoms with Crippen LogP contribution in [0.2, 0.25) is 0 Å². The molecule has 1 saturated carbocycles. The van der Waals surface area contributed by atoms with Gasteiger partial charge < -0.3 is 5.73 Å². The second-order valence-corrected chi connectivity index (χ2v) is 6.47. The zero-order chi connectivity index (χ0) is 16.9. The van der Waals surface area contributed by atoms with Crippen LogP contribution in [0.3, 0.4) is 0 Å². The Morgan fingerprint density at radius 3 is 2.50 bits per heavy atom. The average Bonchev–Trinajstić information content (AvgIpc) is 3.41. The number of benzene rings is 1. The summed E-state index contributed by atoms with van der Waals surface area (Å²) in [5.74, 6) is 1.20. The number of aryl methyl sites for hydroxylation is 1. The maximum Gasteiger partial charge on any atom is 0.261 e. The minimum atomic E-state index is -0.875. The Balaban J connectivity index is 1.82. The van der Waals surface area contributed by atoms with Gasteiger partial charge in [0, 0.05) is 25.0 Å². The number of guanidine groups is 1. The molecule has 0 radical (unpaired) electrons. The van der Waals surface area contributed by atoms with Gasteiger partial charge in [-0.05, 0) is 42.9 Å². The summed E-state index contributed by atoms with van der Waals surface area (Å²) in [6, 6.07) is 7.92. The van der Waals surface area contributed by atoms with Gasteiger partial charge in [-0.2, -0.15) is 0 Å². The Bertz CT molecular complexity index is 841. The summed E-state index contributed by atoms with van der Waals surface area (Å²) in [5, 5.41) is 0. The summed E-state index contributed by atoms with van der Waals surface area (Å²) in [4.78, 5) is 27.5. The number of nitrogens with zero attached hydrogens (tertiary/aromatic N) is 4. The summed E-state index contributed by atoms with van der Waals surface area (Å²) in [5.41, 5.74) is 7.86. The van der Waals surface area contributed by atoms with Crippen LogP contribution >= 0.6 is 0 Å². The van der Waals surface area contributed by atoms with E-state index in [2.05, 4.69) is 15.0 Å². The Labute approximate surface area is 140 Å². The predicted octanol–water partition coefficient (Wildman–Crippen LogP) is 1.84. The van der Waals surface area contributed by atoms with E-state index in [1.54, 1.807) is 19.4 Å². The van der Waals surface area contributed by atoms with Crippen molar-refractivity contribution in [3.63, 3.8) is 0 Å². The van der Waals surface area contributed by atoms with E-state index in [4.69, 9.17) is 5.73 Å². The average molecular weight is 321 g/mol. The molecule has 1 unspecified atom stereocenters. The van der Waals surface area contributed by atoms with Gasteiger partial charge >= 0.3 is 0 Å². The van der Waals surface area contributed by atoms with Gasteiger partial charge in [0.1, 0.15) is 5.82 Å². The summed E-state index contributed by atoms with van der Waals surface area (Å²) < 4.78 is 0. The first kappa shape index (κ1) is 14.8. The number of hydrogen-bond acceptors (Lipinski definition) is 5. The molecule has 0 bridgehead atoms. The highest BCUT2D eigenvalue weighted by Gasteiger charge is 2.57. The molecule has 6 heteroatoms. The van der Waals surface area contributed by atoms with Crippen LogP contribution in [0.25, 0.3) is 11.1 Å². The first-order valence-corrected chi connectivity index (χ1v) is 8.05. The number of carbonyl (C=O) groups is 1. The molecule has 1 aromatic carbocycles. The number of rotatable bonds is 3. The van der Waals surface area contributed by atoms with Gasteiger partial charge in [-0.3, -0.25) is 9.69 Å². The van der Waals surface area contributed by atoms with Gasteiger partial charge in [-0.15, -0.1) is 0 Å². The Morgan fingerprint density at radius 2 is 1.92 bits per heavy atom. The Morgan fingerprint density at radius 1 is 1.21 bits per heavy atom. The van der Waals surface area contributed by atoms with Crippen LogP contribution in [0.15, 0.2) is 41.7 Å². The van der Waals surface area contributed by atoms with Crippen molar-refractivity contribution in [2.75, 3.05) is 7.05 Å². The number of nitrogens with two attached hydrogens (primary N) is 1. The van der Waals surface area contributed by atoms with E-state index in [1.165, 1.54) is 4.90 Å². The van der Waals surface area contributed by atoms with Crippen LogP contribution in [0, 0.1) is 12.8 Å². The maximum atomic E-state index is 12.9. The highest BCUT2D eigenvalue weighted by Crippen LogP contribution is 2.51. The number of hydrogen-bond donors (Lipinski definition) is 1. The van der Waals surface area contributed by atoms with E-state index >= 15 is 0 Å². The highest BCUT2D eigenvalue weighted by atomic mass is 16.2. The Hall–Kier alpha value is -2.76. The molecule has 0 spiro atoms. The topological polar surface area (TPSA) is 84.5 Å². The number of carbonyl (C=O) groups excluding carboxylic acids is 1. The summed E-state index contributed by atoms with van der Waals surface area (Å²) in [6.07, 6.45) is 5.58. The van der Waals surface area contributed by atoms with Gasteiger partial charge in [-0.25, -0.2) is 15.0 Å². The molecular formula is C18H19N5O. The quantitative estimate of drug-likeness (QED) is 0.935. The van der Waals surface area contributed by atoms with Crippen molar-refractivity contribution < 1.29 is 4.79 Å². The van der Waals surface area contributed by atoms with Gasteiger partial charge in [0.2, 0.25) is 0 Å². The van der Waals surface area contributed by atoms with Crippen LogP contribution in [-0.2, 0) is 10.3 Å². The van der Waals surface area contributed by atoms with Crippen LogP contribution in [0.5, 0.6) is 0 Å². The van der Waals surface area contributed by atoms with E-state index in [9.17, 15) is 4.79 Å². The molecule has 2 N–H and O–H groups in total. The van der Waals surface area contributed by atoms with Gasteiger partial charge in [0.05, 0.1) is 0 Å². The molecule has 0 saturated heterocycles. The minimum absolute atomic E-state index is 0.0418. The van der Waals surface area contributed by atoms with Crippen LogP contribution < -0.4 is 5.73 Å². The summed E-state index contributed by atoms with van der Waals surface area (Å²) in [7, 11) is 1.68. The monoisotopic (exact) mass is 321 g/mol. The third-order valence-electron chi connectivity index (χ3n) is 4.85. The normalized spacial score (nSPS) is 23.5. The fourth-order valence-corrected chi connectivity index (χ4v) is 3.33. The molecule has 6 nitrogen and oxygen atoms in total. The van der Waals surface area contributed by atoms with Crippen molar-refractivity contribution in [3.05, 3.63) is 48.0 Å². The molecule has 1 fully saturated rings. The lowest BCUT2D eigenvalue weighted by Gasteiger charge is -2.25. The first-order chi connectivity index (χ1) is 11.5. The Kier molecular flexibility index (Phi) is 3.16. The van der Waals surface area contributed by atoms with Crippen molar-refractivity contribution in [1.82, 2.24) is 14.9 Å². The van der Waals surface area contributed by atoms with E-state index in [0.29, 0.717) is 0 Å². The van der Waals surface area contributed by atoms with Crippen molar-refractivity contribution in [1.29, 1.82) is 0 Å². The number of aliphatic imine (C=N–C) groups is 1. The molecule has 1 aliphatic carbocycles. The van der Waals surface area contributed by atoms with E-state index in [-0.39, 0.29) is 17.8 Å². The molecule has 2 heterocycles.